The van der Waals surface area contributed by atoms with Crippen LogP contribution in [-0.2, 0) is 19.8 Å². The second kappa shape index (κ2) is 8.62. The largest absolute Gasteiger partial charge is 0.449 e. The minimum Gasteiger partial charge on any atom is -0.449 e. The lowest BCUT2D eigenvalue weighted by Gasteiger charge is -2.35. The fourth-order valence-corrected chi connectivity index (χ4v) is 1.96. The van der Waals surface area contributed by atoms with Gasteiger partial charge in [0.25, 0.3) is 5.69 Å². The maximum absolute atomic E-state index is 12.2. The summed E-state index contributed by atoms with van der Waals surface area (Å²) < 4.78 is 9.59. The average Bonchev–Trinajstić information content (AvgIpc) is 2.59. The summed E-state index contributed by atoms with van der Waals surface area (Å²) in [7, 11) is 0. The van der Waals surface area contributed by atoms with Crippen molar-refractivity contribution in [2.75, 3.05) is 13.2 Å². The first-order valence-electron chi connectivity index (χ1n) is 7.41. The molecule has 0 saturated carbocycles. The first-order valence-corrected chi connectivity index (χ1v) is 7.41. The molecule has 0 heterocycles. The van der Waals surface area contributed by atoms with Gasteiger partial charge in [-0.15, -0.1) is 0 Å². The van der Waals surface area contributed by atoms with E-state index in [4.69, 9.17) is 9.47 Å². The van der Waals surface area contributed by atoms with Gasteiger partial charge in [0.15, 0.2) is 6.29 Å². The molecule has 1 aromatic rings. The summed E-state index contributed by atoms with van der Waals surface area (Å²) in [5.41, 5.74) is 0.542. The van der Waals surface area contributed by atoms with E-state index in [0.29, 0.717) is 11.3 Å². The molecule has 1 N–H and O–H groups in total. The summed E-state index contributed by atoms with van der Waals surface area (Å²) in [4.78, 5) is 45.8. The van der Waals surface area contributed by atoms with E-state index in [1.54, 1.807) is 13.8 Å². The zero-order valence-corrected chi connectivity index (χ0v) is 14.1. The van der Waals surface area contributed by atoms with Crippen LogP contribution in [-0.4, -0.2) is 41.6 Å². The molecular formula is C15H19N3O7. The lowest BCUT2D eigenvalue weighted by Crippen LogP contribution is -2.58. The number of hydrogen-bond acceptors (Lipinski definition) is 7. The van der Waals surface area contributed by atoms with Crippen molar-refractivity contribution in [3.63, 3.8) is 0 Å². The van der Waals surface area contributed by atoms with Crippen LogP contribution in [0.25, 0.3) is 0 Å². The molecule has 0 aliphatic rings. The Labute approximate surface area is 143 Å². The van der Waals surface area contributed by atoms with Crippen LogP contribution in [0.15, 0.2) is 24.3 Å². The number of carbonyl (C=O) groups excluding carboxylic acids is 3. The van der Waals surface area contributed by atoms with Crippen molar-refractivity contribution in [2.24, 2.45) is 0 Å². The number of nitrogens with zero attached hydrogens (tertiary/aromatic N) is 2. The van der Waals surface area contributed by atoms with Gasteiger partial charge in [-0.25, -0.2) is 15.0 Å². The summed E-state index contributed by atoms with van der Waals surface area (Å²) >= 11 is 0. The summed E-state index contributed by atoms with van der Waals surface area (Å²) in [6, 6.07) is 4.99. The van der Waals surface area contributed by atoms with E-state index in [1.807, 2.05) is 0 Å². The predicted molar refractivity (Wildman–Crippen MR) is 85.5 cm³/mol. The Hall–Kier alpha value is -3.17. The molecule has 0 saturated heterocycles. The van der Waals surface area contributed by atoms with E-state index in [9.17, 15) is 24.5 Å². The van der Waals surface area contributed by atoms with Crippen molar-refractivity contribution < 1.29 is 28.8 Å². The Morgan fingerprint density at radius 2 is 1.80 bits per heavy atom. The molecule has 1 atom stereocenters. The van der Waals surface area contributed by atoms with Crippen molar-refractivity contribution in [1.82, 2.24) is 10.4 Å². The van der Waals surface area contributed by atoms with Crippen LogP contribution in [0.3, 0.4) is 0 Å². The number of nitro groups is 1. The molecule has 0 radical (unpaired) electrons. The van der Waals surface area contributed by atoms with E-state index in [0.717, 1.165) is 0 Å². The van der Waals surface area contributed by atoms with E-state index in [2.05, 4.69) is 5.43 Å². The number of ether oxygens (including phenoxy) is 2. The molecule has 0 unspecified atom stereocenters. The normalized spacial score (nSPS) is 12.4. The molecule has 0 aliphatic carbocycles. The Kier molecular flexibility index (Phi) is 6.85. The summed E-state index contributed by atoms with van der Waals surface area (Å²) in [5.74, 6) is 0. The van der Waals surface area contributed by atoms with Gasteiger partial charge in [-0.05, 0) is 38.5 Å². The number of rotatable bonds is 6. The molecule has 1 rings (SSSR count). The van der Waals surface area contributed by atoms with Crippen LogP contribution in [0, 0.1) is 10.1 Å². The monoisotopic (exact) mass is 353 g/mol. The molecule has 2 amide bonds. The molecule has 0 bridgehead atoms. The zero-order valence-electron chi connectivity index (χ0n) is 14.1. The third-order valence-electron chi connectivity index (χ3n) is 3.29. The van der Waals surface area contributed by atoms with Gasteiger partial charge in [0.05, 0.1) is 18.1 Å². The molecule has 0 fully saturated rings. The van der Waals surface area contributed by atoms with Crippen molar-refractivity contribution in [3.8, 4) is 0 Å². The number of non-ortho nitro benzene ring substituents is 1. The van der Waals surface area contributed by atoms with Crippen LogP contribution in [0.2, 0.25) is 0 Å². The van der Waals surface area contributed by atoms with Crippen molar-refractivity contribution in [3.05, 3.63) is 39.9 Å². The van der Waals surface area contributed by atoms with Gasteiger partial charge in [0.2, 0.25) is 0 Å². The van der Waals surface area contributed by atoms with Gasteiger partial charge < -0.3 is 14.3 Å². The van der Waals surface area contributed by atoms with E-state index < -0.39 is 22.6 Å². The summed E-state index contributed by atoms with van der Waals surface area (Å²) in [5, 5.41) is 11.4. The van der Waals surface area contributed by atoms with Gasteiger partial charge in [-0.1, -0.05) is 0 Å². The first kappa shape index (κ1) is 19.9. The maximum atomic E-state index is 12.2. The van der Waals surface area contributed by atoms with Crippen LogP contribution in [0.1, 0.15) is 26.3 Å². The number of nitrogens with one attached hydrogen (secondary N) is 1. The van der Waals surface area contributed by atoms with E-state index >= 15 is 0 Å². The quantitative estimate of drug-likeness (QED) is 0.471. The minimum atomic E-state index is -1.67. The number of aldehydes is 1. The number of nitro benzene ring substituents is 1. The third kappa shape index (κ3) is 4.66. The van der Waals surface area contributed by atoms with Crippen LogP contribution >= 0.6 is 0 Å². The summed E-state index contributed by atoms with van der Waals surface area (Å²) in [6.45, 7) is 4.55. The molecular weight excluding hydrogens is 334 g/mol. The molecule has 1 aromatic carbocycles. The molecule has 136 valence electrons. The van der Waals surface area contributed by atoms with Gasteiger partial charge >= 0.3 is 12.2 Å². The highest BCUT2D eigenvalue weighted by atomic mass is 16.6. The molecule has 25 heavy (non-hydrogen) atoms. The SMILES string of the molecule is CCOC(=O)NN(C(=O)OCC)[C@@](C)(C=O)c1ccc([N+](=O)[O-])cc1. The van der Waals surface area contributed by atoms with Gasteiger partial charge in [-0.3, -0.25) is 10.1 Å². The number of hydrogen-bond donors (Lipinski definition) is 1. The second-order valence-corrected chi connectivity index (χ2v) is 4.94. The summed E-state index contributed by atoms with van der Waals surface area (Å²) in [6.07, 6.45) is -1.52. The fourth-order valence-electron chi connectivity index (χ4n) is 1.96. The Morgan fingerprint density at radius 1 is 1.24 bits per heavy atom. The highest BCUT2D eigenvalue weighted by molar-refractivity contribution is 5.80. The van der Waals surface area contributed by atoms with Crippen LogP contribution in [0.4, 0.5) is 15.3 Å². The number of hydrazine groups is 1. The van der Waals surface area contributed by atoms with Gasteiger partial charge in [-0.2, -0.15) is 5.01 Å². The first-order chi connectivity index (χ1) is 11.8. The van der Waals surface area contributed by atoms with Crippen molar-refractivity contribution in [1.29, 1.82) is 0 Å². The topological polar surface area (TPSA) is 128 Å². The number of carbonyl (C=O) groups is 3. The molecule has 10 heteroatoms. The van der Waals surface area contributed by atoms with Crippen LogP contribution in [0.5, 0.6) is 0 Å². The van der Waals surface area contributed by atoms with Crippen LogP contribution < -0.4 is 5.43 Å². The fraction of sp³-hybridized carbons (Fsp3) is 0.400. The highest BCUT2D eigenvalue weighted by Crippen LogP contribution is 2.27. The average molecular weight is 353 g/mol. The van der Waals surface area contributed by atoms with E-state index in [1.165, 1.54) is 31.2 Å². The molecule has 0 aromatic heterocycles. The number of benzene rings is 1. The third-order valence-corrected chi connectivity index (χ3v) is 3.29. The van der Waals surface area contributed by atoms with E-state index in [-0.39, 0.29) is 24.5 Å². The predicted octanol–water partition coefficient (Wildman–Crippen LogP) is 2.13. The smallest absolute Gasteiger partial charge is 0.430 e. The lowest BCUT2D eigenvalue weighted by atomic mass is 9.93. The Balaban J connectivity index is 3.27. The minimum absolute atomic E-state index is 0.00897. The molecule has 10 nitrogen and oxygen atoms in total. The Morgan fingerprint density at radius 3 is 2.24 bits per heavy atom. The number of amides is 2. The van der Waals surface area contributed by atoms with Crippen molar-refractivity contribution in [2.45, 2.75) is 26.3 Å². The lowest BCUT2D eigenvalue weighted by molar-refractivity contribution is -0.384. The highest BCUT2D eigenvalue weighted by Gasteiger charge is 2.40. The standard InChI is InChI=1S/C15H19N3O7/c1-4-24-13(20)16-17(14(21)25-5-2)15(3,10-19)11-6-8-12(9-7-11)18(22)23/h6-10H,4-5H2,1-3H3,(H,16,20)/t15-/m0/s1. The van der Waals surface area contributed by atoms with Gasteiger partial charge in [0, 0.05) is 12.1 Å². The van der Waals surface area contributed by atoms with Gasteiger partial charge in [0.1, 0.15) is 5.54 Å². The molecule has 0 aliphatic heterocycles. The maximum Gasteiger partial charge on any atom is 0.430 e. The second-order valence-electron chi connectivity index (χ2n) is 4.94. The van der Waals surface area contributed by atoms with Crippen molar-refractivity contribution >= 4 is 24.2 Å². The zero-order chi connectivity index (χ0) is 19.0. The molecule has 0 spiro atoms. The Bertz CT molecular complexity index is 647.